The second-order valence-electron chi connectivity index (χ2n) is 4.56. The fraction of sp³-hybridized carbons (Fsp3) is 1.00. The maximum Gasteiger partial charge on any atom is 0.0794 e. The van der Waals surface area contributed by atoms with Crippen molar-refractivity contribution in [2.75, 3.05) is 26.4 Å². The van der Waals surface area contributed by atoms with Crippen LogP contribution in [0.4, 0.5) is 0 Å². The number of hydrogen-bond acceptors (Lipinski definition) is 3. The van der Waals surface area contributed by atoms with Gasteiger partial charge in [0.2, 0.25) is 0 Å². The largest absolute Gasteiger partial charge is 0.379 e. The molecule has 0 unspecified atom stereocenters. The molecule has 0 radical (unpaired) electrons. The predicted octanol–water partition coefficient (Wildman–Crippen LogP) is 0.803. The van der Waals surface area contributed by atoms with Gasteiger partial charge in [0.25, 0.3) is 0 Å². The molecule has 3 aliphatic rings. The predicted molar refractivity (Wildman–Crippen MR) is 43.5 cm³/mol. The van der Waals surface area contributed by atoms with Gasteiger partial charge in [0.05, 0.1) is 25.4 Å². The van der Waals surface area contributed by atoms with Crippen molar-refractivity contribution in [1.29, 1.82) is 0 Å². The summed E-state index contributed by atoms with van der Waals surface area (Å²) in [6, 6.07) is 0. The SMILES string of the molecule is C[C@@]12COC[C@@]13CCCN3OC2. The van der Waals surface area contributed by atoms with E-state index in [1.807, 2.05) is 0 Å². The van der Waals surface area contributed by atoms with Crippen LogP contribution in [-0.4, -0.2) is 37.0 Å². The van der Waals surface area contributed by atoms with Crippen molar-refractivity contribution >= 4 is 0 Å². The highest BCUT2D eigenvalue weighted by atomic mass is 16.7. The smallest absolute Gasteiger partial charge is 0.0794 e. The standard InChI is InChI=1S/C9H15NO2/c1-8-5-11-7-9(8)3-2-4-10(9)12-6-8/h2-7H2,1H3/t8-,9-/m0/s1. The zero-order chi connectivity index (χ0) is 8.23. The molecule has 1 spiro atoms. The summed E-state index contributed by atoms with van der Waals surface area (Å²) in [5.41, 5.74) is 0.510. The highest BCUT2D eigenvalue weighted by Crippen LogP contribution is 2.52. The Hall–Kier alpha value is -0.120. The molecule has 0 bridgehead atoms. The van der Waals surface area contributed by atoms with E-state index in [1.165, 1.54) is 12.8 Å². The first kappa shape index (κ1) is 7.30. The zero-order valence-electron chi connectivity index (χ0n) is 7.51. The van der Waals surface area contributed by atoms with E-state index in [-0.39, 0.29) is 11.0 Å². The molecule has 3 fully saturated rings. The highest BCUT2D eigenvalue weighted by molar-refractivity contribution is 5.11. The van der Waals surface area contributed by atoms with Crippen molar-refractivity contribution in [3.8, 4) is 0 Å². The Morgan fingerprint density at radius 3 is 3.08 bits per heavy atom. The summed E-state index contributed by atoms with van der Waals surface area (Å²) < 4.78 is 5.60. The van der Waals surface area contributed by atoms with Crippen LogP contribution in [-0.2, 0) is 9.57 Å². The number of hydroxylamine groups is 2. The van der Waals surface area contributed by atoms with Crippen LogP contribution in [0.5, 0.6) is 0 Å². The van der Waals surface area contributed by atoms with Crippen LogP contribution >= 0.6 is 0 Å². The average Bonchev–Trinajstić information content (AvgIpc) is 2.60. The molecule has 0 aliphatic carbocycles. The Balaban J connectivity index is 2.04. The summed E-state index contributed by atoms with van der Waals surface area (Å²) in [6.07, 6.45) is 2.52. The van der Waals surface area contributed by atoms with Crippen molar-refractivity contribution in [2.45, 2.75) is 25.3 Å². The van der Waals surface area contributed by atoms with Crippen molar-refractivity contribution in [1.82, 2.24) is 5.06 Å². The van der Waals surface area contributed by atoms with Crippen molar-refractivity contribution < 1.29 is 9.57 Å². The molecule has 3 saturated heterocycles. The Morgan fingerprint density at radius 2 is 2.17 bits per heavy atom. The second-order valence-corrected chi connectivity index (χ2v) is 4.56. The molecule has 3 aliphatic heterocycles. The van der Waals surface area contributed by atoms with Gasteiger partial charge in [-0.05, 0) is 12.8 Å². The summed E-state index contributed by atoms with van der Waals surface area (Å²) >= 11 is 0. The van der Waals surface area contributed by atoms with Crippen LogP contribution in [0.2, 0.25) is 0 Å². The van der Waals surface area contributed by atoms with E-state index in [2.05, 4.69) is 12.0 Å². The highest BCUT2D eigenvalue weighted by Gasteiger charge is 2.63. The third-order valence-electron chi connectivity index (χ3n) is 3.85. The Labute approximate surface area is 72.6 Å². The van der Waals surface area contributed by atoms with Gasteiger partial charge in [-0.3, -0.25) is 4.84 Å². The Bertz CT molecular complexity index is 217. The number of nitrogens with zero attached hydrogens (tertiary/aromatic N) is 1. The van der Waals surface area contributed by atoms with Crippen LogP contribution in [0.3, 0.4) is 0 Å². The van der Waals surface area contributed by atoms with Crippen molar-refractivity contribution in [3.63, 3.8) is 0 Å². The van der Waals surface area contributed by atoms with E-state index >= 15 is 0 Å². The van der Waals surface area contributed by atoms with Gasteiger partial charge < -0.3 is 4.74 Å². The maximum atomic E-state index is 5.69. The van der Waals surface area contributed by atoms with Crippen LogP contribution in [0, 0.1) is 5.41 Å². The summed E-state index contributed by atoms with van der Waals surface area (Å²) in [5.74, 6) is 0. The molecule has 0 aromatic rings. The molecular weight excluding hydrogens is 154 g/mol. The van der Waals surface area contributed by atoms with Crippen LogP contribution in [0.25, 0.3) is 0 Å². The summed E-state index contributed by atoms with van der Waals surface area (Å²) in [5, 5.41) is 2.18. The molecular formula is C9H15NO2. The third-order valence-corrected chi connectivity index (χ3v) is 3.85. The molecule has 0 aromatic carbocycles. The van der Waals surface area contributed by atoms with E-state index in [4.69, 9.17) is 9.57 Å². The summed E-state index contributed by atoms with van der Waals surface area (Å²) in [6.45, 7) is 6.00. The maximum absolute atomic E-state index is 5.69. The average molecular weight is 169 g/mol. The fourth-order valence-electron chi connectivity index (χ4n) is 2.94. The van der Waals surface area contributed by atoms with Gasteiger partial charge in [0.1, 0.15) is 0 Å². The third kappa shape index (κ3) is 0.605. The number of hydrogen-bond donors (Lipinski definition) is 0. The van der Waals surface area contributed by atoms with Crippen LogP contribution in [0.15, 0.2) is 0 Å². The minimum absolute atomic E-state index is 0.243. The first-order valence-corrected chi connectivity index (χ1v) is 4.75. The van der Waals surface area contributed by atoms with Gasteiger partial charge >= 0.3 is 0 Å². The topological polar surface area (TPSA) is 21.7 Å². The monoisotopic (exact) mass is 169 g/mol. The lowest BCUT2D eigenvalue weighted by atomic mass is 9.74. The lowest BCUT2D eigenvalue weighted by Crippen LogP contribution is -2.48. The molecule has 12 heavy (non-hydrogen) atoms. The molecule has 0 aromatic heterocycles. The number of rotatable bonds is 0. The molecule has 2 atom stereocenters. The van der Waals surface area contributed by atoms with E-state index in [0.717, 1.165) is 26.4 Å². The Morgan fingerprint density at radius 1 is 1.25 bits per heavy atom. The first-order valence-electron chi connectivity index (χ1n) is 4.75. The Kier molecular flexibility index (Phi) is 1.23. The van der Waals surface area contributed by atoms with E-state index in [1.54, 1.807) is 0 Å². The van der Waals surface area contributed by atoms with Gasteiger partial charge in [-0.15, -0.1) is 0 Å². The molecule has 3 nitrogen and oxygen atoms in total. The van der Waals surface area contributed by atoms with Crippen LogP contribution < -0.4 is 0 Å². The minimum Gasteiger partial charge on any atom is -0.379 e. The quantitative estimate of drug-likeness (QED) is 0.535. The fourth-order valence-corrected chi connectivity index (χ4v) is 2.94. The van der Waals surface area contributed by atoms with Crippen molar-refractivity contribution in [3.05, 3.63) is 0 Å². The van der Waals surface area contributed by atoms with Crippen LogP contribution in [0.1, 0.15) is 19.8 Å². The van der Waals surface area contributed by atoms with Gasteiger partial charge in [-0.1, -0.05) is 6.92 Å². The van der Waals surface area contributed by atoms with E-state index < -0.39 is 0 Å². The molecule has 3 rings (SSSR count). The second kappa shape index (κ2) is 2.03. The van der Waals surface area contributed by atoms with Gasteiger partial charge in [-0.2, -0.15) is 5.06 Å². The molecule has 3 heteroatoms. The van der Waals surface area contributed by atoms with Gasteiger partial charge in [0, 0.05) is 12.0 Å². The van der Waals surface area contributed by atoms with E-state index in [9.17, 15) is 0 Å². The summed E-state index contributed by atoms with van der Waals surface area (Å²) in [7, 11) is 0. The van der Waals surface area contributed by atoms with Gasteiger partial charge in [-0.25, -0.2) is 0 Å². The molecule has 0 saturated carbocycles. The van der Waals surface area contributed by atoms with E-state index in [0.29, 0.717) is 0 Å². The lowest BCUT2D eigenvalue weighted by molar-refractivity contribution is -0.151. The minimum atomic E-state index is 0.243. The molecule has 0 N–H and O–H groups in total. The lowest BCUT2D eigenvalue weighted by Gasteiger charge is -2.33. The summed E-state index contributed by atoms with van der Waals surface area (Å²) in [4.78, 5) is 5.69. The number of ether oxygens (including phenoxy) is 1. The molecule has 68 valence electrons. The molecule has 0 amide bonds. The van der Waals surface area contributed by atoms with Gasteiger partial charge in [0.15, 0.2) is 0 Å². The normalized spacial score (nSPS) is 52.8. The molecule has 3 heterocycles. The zero-order valence-corrected chi connectivity index (χ0v) is 7.51. The first-order chi connectivity index (χ1) is 5.77. The van der Waals surface area contributed by atoms with Crippen molar-refractivity contribution in [2.24, 2.45) is 5.41 Å².